The number of hydrogen-bond donors (Lipinski definition) is 5. The van der Waals surface area contributed by atoms with E-state index < -0.39 is 17.2 Å². The summed E-state index contributed by atoms with van der Waals surface area (Å²) in [5.74, 6) is -0.0865. The Bertz CT molecular complexity index is 1820. The topological polar surface area (TPSA) is 144 Å². The van der Waals surface area contributed by atoms with Crippen molar-refractivity contribution in [1.82, 2.24) is 20.4 Å². The Labute approximate surface area is 282 Å². The van der Waals surface area contributed by atoms with Crippen LogP contribution in [-0.4, -0.2) is 58.9 Å². The van der Waals surface area contributed by atoms with Crippen LogP contribution < -0.4 is 21.3 Å². The summed E-state index contributed by atoms with van der Waals surface area (Å²) >= 11 is 0. The third-order valence-electron chi connectivity index (χ3n) is 9.66. The van der Waals surface area contributed by atoms with Crippen LogP contribution >= 0.6 is 0 Å². The van der Waals surface area contributed by atoms with Crippen molar-refractivity contribution in [3.05, 3.63) is 63.7 Å². The van der Waals surface area contributed by atoms with Crippen molar-refractivity contribution in [3.63, 3.8) is 0 Å². The van der Waals surface area contributed by atoms with Gasteiger partial charge in [0.05, 0.1) is 11.3 Å². The van der Waals surface area contributed by atoms with Crippen LogP contribution in [0.5, 0.6) is 0 Å². The Morgan fingerprint density at radius 1 is 1.06 bits per heavy atom. The van der Waals surface area contributed by atoms with Gasteiger partial charge >= 0.3 is 0 Å². The molecule has 2 fully saturated rings. The number of rotatable bonds is 12. The van der Waals surface area contributed by atoms with Gasteiger partial charge in [-0.2, -0.15) is 0 Å². The van der Waals surface area contributed by atoms with Gasteiger partial charge in [-0.15, -0.1) is 0 Å². The number of allylic oxidation sites excluding steroid dienone is 1. The Morgan fingerprint density at radius 2 is 1.77 bits per heavy atom. The summed E-state index contributed by atoms with van der Waals surface area (Å²) < 4.78 is 5.37. The van der Waals surface area contributed by atoms with Crippen LogP contribution in [0.2, 0.25) is 0 Å². The number of benzene rings is 1. The average Bonchev–Trinajstić information content (AvgIpc) is 3.95. The van der Waals surface area contributed by atoms with Gasteiger partial charge in [-0.25, -0.2) is 0 Å². The van der Waals surface area contributed by atoms with Crippen molar-refractivity contribution < 1.29 is 18.9 Å². The fourth-order valence-corrected chi connectivity index (χ4v) is 6.29. The molecular weight excluding hydrogens is 606 g/mol. The quantitative estimate of drug-likeness (QED) is 0.116. The number of fused-ring (bicyclic) bond motifs is 1. The minimum atomic E-state index is -1.18. The van der Waals surface area contributed by atoms with E-state index in [0.717, 1.165) is 61.5 Å². The number of anilines is 3. The van der Waals surface area contributed by atoms with Gasteiger partial charge in [-0.05, 0) is 82.0 Å². The molecule has 0 atom stereocenters. The van der Waals surface area contributed by atoms with Crippen molar-refractivity contribution >= 4 is 52.3 Å². The van der Waals surface area contributed by atoms with E-state index in [4.69, 9.17) is 4.52 Å². The molecule has 2 aromatic heterocycles. The SMILES string of the molecule is CCN(CC)CCNC(=C1CC1)c1c(C)[nH]c(/C=C2\C(=O)Nc3cc(NC(=O)C4(C(=O)Nc5cc(C(C)(C)C)on5)CC4)ccc32)c1C. The van der Waals surface area contributed by atoms with Crippen LogP contribution in [0, 0.1) is 19.3 Å². The largest absolute Gasteiger partial charge is 0.383 e. The van der Waals surface area contributed by atoms with Gasteiger partial charge in [0, 0.05) is 58.5 Å². The van der Waals surface area contributed by atoms with E-state index in [2.05, 4.69) is 64.0 Å². The standard InChI is InChI=1S/C37H47N7O4/c1-8-44(9-2)17-16-38-32(23-10-11-23)31-21(3)27(39-22(31)4)19-26-25-13-12-24(18-28(25)41-33(26)45)40-34(46)37(14-15-37)35(47)42-30-20-29(48-43-30)36(5,6)7/h12-13,18-20,38-39H,8-11,14-17H2,1-7H3,(H,40,46)(H,41,45)(H,42,43,47)/b26-19-. The number of H-pyrrole nitrogens is 1. The Kier molecular flexibility index (Phi) is 8.84. The number of aromatic amines is 1. The summed E-state index contributed by atoms with van der Waals surface area (Å²) in [4.78, 5) is 45.6. The monoisotopic (exact) mass is 653 g/mol. The summed E-state index contributed by atoms with van der Waals surface area (Å²) in [6.07, 6.45) is 4.99. The summed E-state index contributed by atoms with van der Waals surface area (Å²) in [5, 5.41) is 16.3. The molecule has 2 aliphatic carbocycles. The third kappa shape index (κ3) is 6.56. The van der Waals surface area contributed by atoms with Crippen LogP contribution in [0.3, 0.4) is 0 Å². The molecule has 3 aromatic rings. The second kappa shape index (κ2) is 12.8. The highest BCUT2D eigenvalue weighted by atomic mass is 16.5. The molecule has 0 unspecified atom stereocenters. The van der Waals surface area contributed by atoms with Crippen molar-refractivity contribution in [1.29, 1.82) is 0 Å². The van der Waals surface area contributed by atoms with E-state index in [1.54, 1.807) is 18.2 Å². The number of nitrogens with one attached hydrogen (secondary N) is 5. The van der Waals surface area contributed by atoms with Gasteiger partial charge in [0.15, 0.2) is 5.82 Å². The molecule has 3 amide bonds. The highest BCUT2D eigenvalue weighted by Gasteiger charge is 2.56. The maximum atomic E-state index is 13.3. The fraction of sp³-hybridized carbons (Fsp3) is 0.459. The molecule has 0 spiro atoms. The molecule has 0 radical (unpaired) electrons. The normalized spacial score (nSPS) is 17.0. The molecule has 3 aliphatic rings. The first kappa shape index (κ1) is 33.3. The molecule has 254 valence electrons. The van der Waals surface area contributed by atoms with Crippen molar-refractivity contribution in [2.75, 3.05) is 42.1 Å². The van der Waals surface area contributed by atoms with E-state index in [0.29, 0.717) is 35.5 Å². The Morgan fingerprint density at radius 3 is 2.40 bits per heavy atom. The first-order chi connectivity index (χ1) is 22.8. The van der Waals surface area contributed by atoms with Crippen molar-refractivity contribution in [3.8, 4) is 0 Å². The molecule has 6 rings (SSSR count). The van der Waals surface area contributed by atoms with Crippen LogP contribution in [0.4, 0.5) is 17.2 Å². The molecule has 0 saturated heterocycles. The molecular formula is C37H47N7O4. The first-order valence-electron chi connectivity index (χ1n) is 17.0. The second-order valence-electron chi connectivity index (χ2n) is 14.2. The van der Waals surface area contributed by atoms with E-state index in [1.807, 2.05) is 32.9 Å². The van der Waals surface area contributed by atoms with Crippen LogP contribution in [0.25, 0.3) is 17.3 Å². The molecule has 5 N–H and O–H groups in total. The number of carbonyl (C=O) groups excluding carboxylic acids is 3. The van der Waals surface area contributed by atoms with Crippen molar-refractivity contribution in [2.45, 2.75) is 79.6 Å². The lowest BCUT2D eigenvalue weighted by molar-refractivity contribution is -0.131. The van der Waals surface area contributed by atoms with E-state index in [1.165, 1.54) is 16.8 Å². The average molecular weight is 654 g/mol. The smallest absolute Gasteiger partial charge is 0.256 e. The maximum Gasteiger partial charge on any atom is 0.256 e. The molecule has 3 heterocycles. The Balaban J connectivity index is 1.16. The number of nitrogens with zero attached hydrogens (tertiary/aromatic N) is 2. The highest BCUT2D eigenvalue weighted by molar-refractivity contribution is 6.35. The van der Waals surface area contributed by atoms with Gasteiger partial charge < -0.3 is 35.7 Å². The number of amides is 3. The lowest BCUT2D eigenvalue weighted by Gasteiger charge is -2.20. The summed E-state index contributed by atoms with van der Waals surface area (Å²) in [5.41, 5.74) is 7.87. The zero-order chi connectivity index (χ0) is 34.4. The highest BCUT2D eigenvalue weighted by Crippen LogP contribution is 2.48. The molecule has 1 aliphatic heterocycles. The fourth-order valence-electron chi connectivity index (χ4n) is 6.29. The number of hydrogen-bond acceptors (Lipinski definition) is 7. The molecule has 11 nitrogen and oxygen atoms in total. The summed E-state index contributed by atoms with van der Waals surface area (Å²) in [6, 6.07) is 7.02. The zero-order valence-corrected chi connectivity index (χ0v) is 29.1. The predicted molar refractivity (Wildman–Crippen MR) is 189 cm³/mol. The molecule has 11 heteroatoms. The van der Waals surface area contributed by atoms with Crippen LogP contribution in [0.1, 0.15) is 94.1 Å². The minimum Gasteiger partial charge on any atom is -0.383 e. The minimum absolute atomic E-state index is 0.208. The van der Waals surface area contributed by atoms with E-state index in [9.17, 15) is 14.4 Å². The molecule has 0 bridgehead atoms. The summed E-state index contributed by atoms with van der Waals surface area (Å²) in [7, 11) is 0. The van der Waals surface area contributed by atoms with Gasteiger partial charge in [0.1, 0.15) is 11.2 Å². The zero-order valence-electron chi connectivity index (χ0n) is 29.1. The number of carbonyl (C=O) groups is 3. The van der Waals surface area contributed by atoms with Crippen molar-refractivity contribution in [2.24, 2.45) is 5.41 Å². The maximum absolute atomic E-state index is 13.3. The Hall–Kier alpha value is -4.64. The van der Waals surface area contributed by atoms with Crippen LogP contribution in [0.15, 0.2) is 34.4 Å². The van der Waals surface area contributed by atoms with Gasteiger partial charge in [-0.1, -0.05) is 45.8 Å². The summed E-state index contributed by atoms with van der Waals surface area (Å²) in [6.45, 7) is 18.4. The van der Waals surface area contributed by atoms with E-state index in [-0.39, 0.29) is 17.1 Å². The first-order valence-corrected chi connectivity index (χ1v) is 17.0. The van der Waals surface area contributed by atoms with Gasteiger partial charge in [0.25, 0.3) is 5.91 Å². The van der Waals surface area contributed by atoms with E-state index >= 15 is 0 Å². The number of aryl methyl sites for hydroxylation is 1. The molecule has 48 heavy (non-hydrogen) atoms. The second-order valence-corrected chi connectivity index (χ2v) is 14.2. The number of likely N-dealkylation sites (N-methyl/N-ethyl adjacent to an activating group) is 1. The lowest BCUT2D eigenvalue weighted by Crippen LogP contribution is -2.35. The van der Waals surface area contributed by atoms with Gasteiger partial charge in [-0.3, -0.25) is 14.4 Å². The number of aromatic nitrogens is 2. The van der Waals surface area contributed by atoms with Gasteiger partial charge in [0.2, 0.25) is 11.8 Å². The molecule has 1 aromatic carbocycles. The lowest BCUT2D eigenvalue weighted by atomic mass is 9.93. The third-order valence-corrected chi connectivity index (χ3v) is 9.66. The molecule has 2 saturated carbocycles. The van der Waals surface area contributed by atoms with Crippen LogP contribution in [-0.2, 0) is 19.8 Å². The predicted octanol–water partition coefficient (Wildman–Crippen LogP) is 6.20.